The van der Waals surface area contributed by atoms with Crippen molar-refractivity contribution in [1.29, 1.82) is 0 Å². The van der Waals surface area contributed by atoms with E-state index >= 15 is 0 Å². The Balaban J connectivity index is 3.19. The van der Waals surface area contributed by atoms with Crippen molar-refractivity contribution >= 4 is 35.7 Å². The van der Waals surface area contributed by atoms with Gasteiger partial charge in [-0.05, 0) is 30.2 Å². The molecule has 3 nitrogen and oxygen atoms in total. The molecule has 0 amide bonds. The molecule has 0 saturated carbocycles. The largest absolute Gasteiger partial charge is 0.496 e. The number of hydrogen-bond acceptors (Lipinski definition) is 3. The Morgan fingerprint density at radius 1 is 1.47 bits per heavy atom. The quantitative estimate of drug-likeness (QED) is 0.806. The van der Waals surface area contributed by atoms with Gasteiger partial charge in [0.15, 0.2) is 0 Å². The molecule has 0 aromatic heterocycles. The Morgan fingerprint density at radius 2 is 2.07 bits per heavy atom. The van der Waals surface area contributed by atoms with Gasteiger partial charge in [0.1, 0.15) is 5.75 Å². The van der Waals surface area contributed by atoms with Crippen LogP contribution in [0.2, 0.25) is 0 Å². The van der Waals surface area contributed by atoms with Crippen molar-refractivity contribution in [3.05, 3.63) is 27.7 Å². The number of methoxy groups -OCH3 is 1. The van der Waals surface area contributed by atoms with Crippen LogP contribution in [0, 0.1) is 6.92 Å². The summed E-state index contributed by atoms with van der Waals surface area (Å²) in [5, 5.41) is 0. The van der Waals surface area contributed by atoms with Crippen LogP contribution in [0.5, 0.6) is 5.75 Å². The summed E-state index contributed by atoms with van der Waals surface area (Å²) in [6, 6.07) is 3.47. The molecule has 1 aromatic carbocycles. The van der Waals surface area contributed by atoms with Gasteiger partial charge in [-0.3, -0.25) is 0 Å². The number of aryl methyl sites for hydroxylation is 1. The number of rotatable bonds is 3. The third-order valence-corrected chi connectivity index (χ3v) is 3.61. The van der Waals surface area contributed by atoms with Crippen molar-refractivity contribution in [3.8, 4) is 5.75 Å². The lowest BCUT2D eigenvalue weighted by molar-refractivity contribution is 0.411. The third-order valence-electron chi connectivity index (χ3n) is 1.89. The lowest BCUT2D eigenvalue weighted by Gasteiger charge is -2.09. The van der Waals surface area contributed by atoms with E-state index in [-0.39, 0.29) is 5.75 Å². The third kappa shape index (κ3) is 3.66. The predicted molar refractivity (Wildman–Crippen MR) is 63.9 cm³/mol. The number of benzene rings is 1. The molecule has 0 unspecified atom stereocenters. The van der Waals surface area contributed by atoms with Gasteiger partial charge >= 0.3 is 0 Å². The fourth-order valence-electron chi connectivity index (χ4n) is 1.21. The van der Waals surface area contributed by atoms with Crippen LogP contribution >= 0.6 is 26.6 Å². The van der Waals surface area contributed by atoms with Crippen LogP contribution < -0.4 is 4.74 Å². The Labute approximate surface area is 102 Å². The summed E-state index contributed by atoms with van der Waals surface area (Å²) in [7, 11) is 3.17. The Hall–Kier alpha value is -0.260. The van der Waals surface area contributed by atoms with E-state index in [2.05, 4.69) is 15.9 Å². The van der Waals surface area contributed by atoms with E-state index in [0.29, 0.717) is 15.8 Å². The van der Waals surface area contributed by atoms with Crippen LogP contribution in [-0.2, 0) is 14.8 Å². The highest BCUT2D eigenvalue weighted by molar-refractivity contribution is 9.10. The first-order valence-electron chi connectivity index (χ1n) is 4.09. The van der Waals surface area contributed by atoms with E-state index in [9.17, 15) is 8.42 Å². The monoisotopic (exact) mass is 312 g/mol. The van der Waals surface area contributed by atoms with Crippen molar-refractivity contribution in [2.45, 2.75) is 12.7 Å². The summed E-state index contributed by atoms with van der Waals surface area (Å²) in [5.74, 6) is 0.430. The van der Waals surface area contributed by atoms with E-state index in [1.54, 1.807) is 12.1 Å². The topological polar surface area (TPSA) is 43.4 Å². The van der Waals surface area contributed by atoms with Gasteiger partial charge in [-0.25, -0.2) is 8.42 Å². The molecule has 6 heteroatoms. The van der Waals surface area contributed by atoms with Crippen LogP contribution in [-0.4, -0.2) is 15.5 Å². The molecule has 1 rings (SSSR count). The number of ether oxygens (including phenoxy) is 1. The van der Waals surface area contributed by atoms with Gasteiger partial charge in [0, 0.05) is 15.2 Å². The summed E-state index contributed by atoms with van der Waals surface area (Å²) in [6.45, 7) is 1.88. The second-order valence-electron chi connectivity index (χ2n) is 3.10. The fourth-order valence-corrected chi connectivity index (χ4v) is 2.96. The van der Waals surface area contributed by atoms with Gasteiger partial charge in [-0.2, -0.15) is 0 Å². The molecule has 0 atom stereocenters. The summed E-state index contributed by atoms with van der Waals surface area (Å²) >= 11 is 3.28. The van der Waals surface area contributed by atoms with Crippen molar-refractivity contribution in [2.75, 3.05) is 7.11 Å². The first-order valence-corrected chi connectivity index (χ1v) is 7.36. The lowest BCUT2D eigenvalue weighted by atomic mass is 10.1. The van der Waals surface area contributed by atoms with Crippen LogP contribution in [0.25, 0.3) is 0 Å². The highest BCUT2D eigenvalue weighted by Crippen LogP contribution is 2.28. The lowest BCUT2D eigenvalue weighted by Crippen LogP contribution is -1.98. The Kier molecular flexibility index (Phi) is 4.03. The standard InChI is InChI=1S/C9H10BrClO3S/c1-6-3-8(10)7(4-9(6)14-2)5-15(11,12)13/h3-4H,5H2,1-2H3. The molecule has 1 aromatic rings. The fraction of sp³-hybridized carbons (Fsp3) is 0.333. The molecule has 0 aliphatic heterocycles. The van der Waals surface area contributed by atoms with Crippen LogP contribution in [0.1, 0.15) is 11.1 Å². The zero-order valence-electron chi connectivity index (χ0n) is 8.25. The Bertz CT molecular complexity index is 470. The molecule has 0 aliphatic carbocycles. The molecule has 84 valence electrons. The summed E-state index contributed by atoms with van der Waals surface area (Å²) in [6.07, 6.45) is 0. The normalized spacial score (nSPS) is 11.5. The van der Waals surface area contributed by atoms with Crippen LogP contribution in [0.4, 0.5) is 0 Å². The molecule has 0 saturated heterocycles. The Morgan fingerprint density at radius 3 is 2.53 bits per heavy atom. The summed E-state index contributed by atoms with van der Waals surface area (Å²) in [5.41, 5.74) is 1.52. The molecular weight excluding hydrogens is 304 g/mol. The van der Waals surface area contributed by atoms with E-state index in [4.69, 9.17) is 15.4 Å². The molecule has 0 fully saturated rings. The minimum Gasteiger partial charge on any atom is -0.496 e. The van der Waals surface area contributed by atoms with Crippen LogP contribution in [0.3, 0.4) is 0 Å². The first-order chi connectivity index (χ1) is 6.83. The second kappa shape index (κ2) is 4.72. The minimum atomic E-state index is -3.55. The van der Waals surface area contributed by atoms with Crippen molar-refractivity contribution < 1.29 is 13.2 Å². The highest BCUT2D eigenvalue weighted by Gasteiger charge is 2.12. The maximum absolute atomic E-state index is 10.9. The van der Waals surface area contributed by atoms with Crippen molar-refractivity contribution in [2.24, 2.45) is 0 Å². The first kappa shape index (κ1) is 12.8. The SMILES string of the molecule is COc1cc(CS(=O)(=O)Cl)c(Br)cc1C. The predicted octanol–water partition coefficient (Wildman–Crippen LogP) is 2.83. The van der Waals surface area contributed by atoms with E-state index < -0.39 is 9.05 Å². The maximum atomic E-state index is 10.9. The van der Waals surface area contributed by atoms with Crippen LogP contribution in [0.15, 0.2) is 16.6 Å². The number of hydrogen-bond donors (Lipinski definition) is 0. The molecule has 0 heterocycles. The molecule has 0 N–H and O–H groups in total. The maximum Gasteiger partial charge on any atom is 0.236 e. The average molecular weight is 314 g/mol. The summed E-state index contributed by atoms with van der Waals surface area (Å²) < 4.78 is 27.7. The number of halogens is 2. The molecular formula is C9H10BrClO3S. The molecule has 0 aliphatic rings. The molecule has 0 bridgehead atoms. The molecule has 15 heavy (non-hydrogen) atoms. The second-order valence-corrected chi connectivity index (χ2v) is 6.73. The van der Waals surface area contributed by atoms with Gasteiger partial charge < -0.3 is 4.74 Å². The van der Waals surface area contributed by atoms with E-state index in [1.165, 1.54) is 7.11 Å². The summed E-state index contributed by atoms with van der Waals surface area (Å²) in [4.78, 5) is 0. The molecule has 0 spiro atoms. The average Bonchev–Trinajstić information content (AvgIpc) is 2.07. The van der Waals surface area contributed by atoms with Gasteiger partial charge in [0.2, 0.25) is 9.05 Å². The van der Waals surface area contributed by atoms with Gasteiger partial charge in [0.05, 0.1) is 12.9 Å². The van der Waals surface area contributed by atoms with Crippen molar-refractivity contribution in [1.82, 2.24) is 0 Å². The van der Waals surface area contributed by atoms with Crippen molar-refractivity contribution in [3.63, 3.8) is 0 Å². The van der Waals surface area contributed by atoms with E-state index in [0.717, 1.165) is 5.56 Å². The highest BCUT2D eigenvalue weighted by atomic mass is 79.9. The van der Waals surface area contributed by atoms with E-state index in [1.807, 2.05) is 6.92 Å². The zero-order valence-corrected chi connectivity index (χ0v) is 11.4. The molecule has 0 radical (unpaired) electrons. The van der Waals surface area contributed by atoms with Gasteiger partial charge in [-0.1, -0.05) is 15.9 Å². The minimum absolute atomic E-state index is 0.216. The zero-order chi connectivity index (χ0) is 11.6. The van der Waals surface area contributed by atoms with Gasteiger partial charge in [-0.15, -0.1) is 0 Å². The smallest absolute Gasteiger partial charge is 0.236 e. The van der Waals surface area contributed by atoms with Gasteiger partial charge in [0.25, 0.3) is 0 Å².